The molecule has 2 heterocycles. The fraction of sp³-hybridized carbons (Fsp3) is 0.100. The molecule has 0 atom stereocenters. The van der Waals surface area contributed by atoms with Gasteiger partial charge >= 0.3 is 0 Å². The van der Waals surface area contributed by atoms with E-state index < -0.39 is 0 Å². The third kappa shape index (κ3) is 1.87. The SMILES string of the molecule is Cc1ncc(C(=O)c2c[nH]c(C=O)c2)s1. The molecule has 0 amide bonds. The summed E-state index contributed by atoms with van der Waals surface area (Å²) in [6.45, 7) is 1.84. The summed E-state index contributed by atoms with van der Waals surface area (Å²) < 4.78 is 0. The van der Waals surface area contributed by atoms with E-state index in [0.717, 1.165) is 5.01 Å². The van der Waals surface area contributed by atoms with Crippen LogP contribution < -0.4 is 0 Å². The van der Waals surface area contributed by atoms with Crippen molar-refractivity contribution in [3.63, 3.8) is 0 Å². The molecule has 0 radical (unpaired) electrons. The Bertz CT molecular complexity index is 513. The minimum absolute atomic E-state index is 0.107. The smallest absolute Gasteiger partial charge is 0.206 e. The molecule has 15 heavy (non-hydrogen) atoms. The lowest BCUT2D eigenvalue weighted by atomic mass is 10.2. The van der Waals surface area contributed by atoms with E-state index >= 15 is 0 Å². The number of carbonyl (C=O) groups excluding carboxylic acids is 2. The van der Waals surface area contributed by atoms with Crippen LogP contribution in [0.3, 0.4) is 0 Å². The Hall–Kier alpha value is -1.75. The number of aromatic nitrogens is 2. The number of aromatic amines is 1. The maximum atomic E-state index is 11.8. The summed E-state index contributed by atoms with van der Waals surface area (Å²) in [5.41, 5.74) is 0.889. The van der Waals surface area contributed by atoms with Crippen molar-refractivity contribution in [2.24, 2.45) is 0 Å². The highest BCUT2D eigenvalue weighted by Gasteiger charge is 2.13. The number of ketones is 1. The first-order valence-corrected chi connectivity index (χ1v) is 5.13. The largest absolute Gasteiger partial charge is 0.358 e. The Kier molecular flexibility index (Phi) is 2.47. The van der Waals surface area contributed by atoms with E-state index in [9.17, 15) is 9.59 Å². The van der Waals surface area contributed by atoms with Crippen molar-refractivity contribution in [3.05, 3.63) is 39.6 Å². The van der Waals surface area contributed by atoms with Crippen molar-refractivity contribution < 1.29 is 9.59 Å². The van der Waals surface area contributed by atoms with Gasteiger partial charge < -0.3 is 4.98 Å². The van der Waals surface area contributed by atoms with Crippen molar-refractivity contribution in [1.82, 2.24) is 9.97 Å². The minimum atomic E-state index is -0.107. The van der Waals surface area contributed by atoms with Gasteiger partial charge in [-0.15, -0.1) is 11.3 Å². The number of hydrogen-bond acceptors (Lipinski definition) is 4. The Morgan fingerprint density at radius 1 is 1.60 bits per heavy atom. The number of thiazole rings is 1. The van der Waals surface area contributed by atoms with Gasteiger partial charge in [0, 0.05) is 18.0 Å². The van der Waals surface area contributed by atoms with Crippen molar-refractivity contribution in [3.8, 4) is 0 Å². The Labute approximate surface area is 90.0 Å². The molecule has 0 saturated heterocycles. The van der Waals surface area contributed by atoms with Gasteiger partial charge in [-0.25, -0.2) is 4.98 Å². The van der Waals surface area contributed by atoms with Gasteiger partial charge in [0.1, 0.15) is 0 Å². The maximum absolute atomic E-state index is 11.8. The van der Waals surface area contributed by atoms with E-state index in [1.807, 2.05) is 6.92 Å². The van der Waals surface area contributed by atoms with Crippen molar-refractivity contribution >= 4 is 23.4 Å². The summed E-state index contributed by atoms with van der Waals surface area (Å²) >= 11 is 1.34. The molecule has 1 N–H and O–H groups in total. The summed E-state index contributed by atoms with van der Waals surface area (Å²) in [5.74, 6) is -0.107. The molecule has 76 valence electrons. The number of rotatable bonds is 3. The monoisotopic (exact) mass is 220 g/mol. The normalized spacial score (nSPS) is 10.2. The summed E-state index contributed by atoms with van der Waals surface area (Å²) in [6, 6.07) is 1.53. The van der Waals surface area contributed by atoms with Gasteiger partial charge in [0.15, 0.2) is 6.29 Å². The Morgan fingerprint density at radius 3 is 2.93 bits per heavy atom. The van der Waals surface area contributed by atoms with Crippen LogP contribution in [-0.4, -0.2) is 22.0 Å². The average molecular weight is 220 g/mol. The molecule has 5 heteroatoms. The quantitative estimate of drug-likeness (QED) is 0.634. The van der Waals surface area contributed by atoms with Crippen LogP contribution in [0.15, 0.2) is 18.5 Å². The first-order chi connectivity index (χ1) is 7.20. The number of aryl methyl sites for hydroxylation is 1. The van der Waals surface area contributed by atoms with Crippen molar-refractivity contribution in [2.75, 3.05) is 0 Å². The van der Waals surface area contributed by atoms with Gasteiger partial charge in [-0.05, 0) is 13.0 Å². The average Bonchev–Trinajstić information content (AvgIpc) is 2.84. The van der Waals surface area contributed by atoms with Gasteiger partial charge in [0.25, 0.3) is 0 Å². The highest BCUT2D eigenvalue weighted by Crippen LogP contribution is 2.16. The highest BCUT2D eigenvalue weighted by molar-refractivity contribution is 7.13. The first kappa shape index (κ1) is 9.79. The van der Waals surface area contributed by atoms with Crippen molar-refractivity contribution in [1.29, 1.82) is 0 Å². The lowest BCUT2D eigenvalue weighted by Crippen LogP contribution is -1.95. The molecule has 0 bridgehead atoms. The number of hydrogen-bond donors (Lipinski definition) is 1. The van der Waals surface area contributed by atoms with Crippen LogP contribution in [0.25, 0.3) is 0 Å². The number of nitrogens with one attached hydrogen (secondary N) is 1. The van der Waals surface area contributed by atoms with Crippen LogP contribution >= 0.6 is 11.3 Å². The van der Waals surface area contributed by atoms with Gasteiger partial charge in [0.2, 0.25) is 5.78 Å². The van der Waals surface area contributed by atoms with E-state index in [-0.39, 0.29) is 5.78 Å². The molecule has 0 aromatic carbocycles. The fourth-order valence-corrected chi connectivity index (χ4v) is 1.96. The van der Waals surface area contributed by atoms with Gasteiger partial charge in [-0.2, -0.15) is 0 Å². The molecule has 2 aromatic heterocycles. The third-order valence-electron chi connectivity index (χ3n) is 1.94. The number of nitrogens with zero attached hydrogens (tertiary/aromatic N) is 1. The zero-order valence-corrected chi connectivity index (χ0v) is 8.80. The summed E-state index contributed by atoms with van der Waals surface area (Å²) in [4.78, 5) is 29.6. The molecule has 0 spiro atoms. The van der Waals surface area contributed by atoms with Crippen LogP contribution in [0.2, 0.25) is 0 Å². The van der Waals surface area contributed by atoms with Gasteiger partial charge in [-0.3, -0.25) is 9.59 Å². The van der Waals surface area contributed by atoms with Gasteiger partial charge in [-0.1, -0.05) is 0 Å². The van der Waals surface area contributed by atoms with Crippen molar-refractivity contribution in [2.45, 2.75) is 6.92 Å². The lowest BCUT2D eigenvalue weighted by molar-refractivity contribution is 0.104. The van der Waals surface area contributed by atoms with E-state index in [1.165, 1.54) is 23.6 Å². The Balaban J connectivity index is 2.31. The summed E-state index contributed by atoms with van der Waals surface area (Å²) in [7, 11) is 0. The standard InChI is InChI=1S/C10H8N2O2S/c1-6-11-4-9(15-6)10(14)7-2-8(5-13)12-3-7/h2-5,12H,1H3. The zero-order valence-electron chi connectivity index (χ0n) is 7.98. The topological polar surface area (TPSA) is 62.8 Å². The Morgan fingerprint density at radius 2 is 2.40 bits per heavy atom. The molecular formula is C10H8N2O2S. The second-order valence-corrected chi connectivity index (χ2v) is 4.27. The van der Waals surface area contributed by atoms with Gasteiger partial charge in [0.05, 0.1) is 15.6 Å². The predicted octanol–water partition coefficient (Wildman–Crippen LogP) is 1.82. The molecule has 4 nitrogen and oxygen atoms in total. The molecule has 2 rings (SSSR count). The molecule has 0 saturated carbocycles. The molecule has 0 aliphatic rings. The third-order valence-corrected chi connectivity index (χ3v) is 2.85. The second kappa shape index (κ2) is 3.78. The molecule has 0 unspecified atom stereocenters. The molecule has 0 aliphatic heterocycles. The molecular weight excluding hydrogens is 212 g/mol. The van der Waals surface area contributed by atoms with Crippen LogP contribution in [-0.2, 0) is 0 Å². The maximum Gasteiger partial charge on any atom is 0.206 e. The van der Waals surface area contributed by atoms with E-state index in [0.29, 0.717) is 22.4 Å². The summed E-state index contributed by atoms with van der Waals surface area (Å²) in [5, 5.41) is 0.851. The molecule has 0 fully saturated rings. The predicted molar refractivity (Wildman–Crippen MR) is 56.5 cm³/mol. The first-order valence-electron chi connectivity index (χ1n) is 4.31. The van der Waals surface area contributed by atoms with Crippen LogP contribution in [0.1, 0.15) is 30.7 Å². The van der Waals surface area contributed by atoms with Crippen LogP contribution in [0, 0.1) is 6.92 Å². The van der Waals surface area contributed by atoms with Crippen LogP contribution in [0.4, 0.5) is 0 Å². The molecule has 2 aromatic rings. The minimum Gasteiger partial charge on any atom is -0.358 e. The zero-order chi connectivity index (χ0) is 10.8. The second-order valence-electron chi connectivity index (χ2n) is 3.03. The number of aldehydes is 1. The highest BCUT2D eigenvalue weighted by atomic mass is 32.1. The van der Waals surface area contributed by atoms with E-state index in [2.05, 4.69) is 9.97 Å². The van der Waals surface area contributed by atoms with Crippen LogP contribution in [0.5, 0.6) is 0 Å². The van der Waals surface area contributed by atoms with E-state index in [1.54, 1.807) is 6.20 Å². The molecule has 0 aliphatic carbocycles. The number of carbonyl (C=O) groups is 2. The lowest BCUT2D eigenvalue weighted by Gasteiger charge is -1.89. The fourth-order valence-electron chi connectivity index (χ4n) is 1.22. The van der Waals surface area contributed by atoms with E-state index in [4.69, 9.17) is 0 Å². The number of H-pyrrole nitrogens is 1. The summed E-state index contributed by atoms with van der Waals surface area (Å²) in [6.07, 6.45) is 3.76.